The summed E-state index contributed by atoms with van der Waals surface area (Å²) in [5, 5.41) is 0. The molecule has 0 fully saturated rings. The molecule has 47 heavy (non-hydrogen) atoms. The number of carbonyl (C=O) groups is 1. The fourth-order valence-corrected chi connectivity index (χ4v) is 6.31. The Hall–Kier alpha value is -5.35. The lowest BCUT2D eigenvalue weighted by Crippen LogP contribution is -2.36. The summed E-state index contributed by atoms with van der Waals surface area (Å²) >= 11 is 0. The van der Waals surface area contributed by atoms with E-state index in [-0.39, 0.29) is 13.2 Å². The van der Waals surface area contributed by atoms with Gasteiger partial charge < -0.3 is 14.3 Å². The predicted octanol–water partition coefficient (Wildman–Crippen LogP) is 9.38. The second-order valence-electron chi connectivity index (χ2n) is 11.6. The van der Waals surface area contributed by atoms with Crippen molar-refractivity contribution in [2.24, 2.45) is 5.92 Å². The molecule has 1 atom stereocenters. The van der Waals surface area contributed by atoms with Gasteiger partial charge in [-0.3, -0.25) is 0 Å². The molecule has 0 amide bonds. The molecule has 0 aliphatic heterocycles. The van der Waals surface area contributed by atoms with Crippen LogP contribution < -0.4 is 0 Å². The van der Waals surface area contributed by atoms with Gasteiger partial charge in [-0.2, -0.15) is 0 Å². The summed E-state index contributed by atoms with van der Waals surface area (Å²) in [7, 11) is 0. The Labute approximate surface area is 277 Å². The lowest BCUT2D eigenvalue weighted by molar-refractivity contribution is -0.113. The van der Waals surface area contributed by atoms with E-state index in [2.05, 4.69) is 79.4 Å². The van der Waals surface area contributed by atoms with Crippen LogP contribution in [-0.4, -0.2) is 19.5 Å². The minimum Gasteiger partial charge on any atom is -0.360 e. The van der Waals surface area contributed by atoms with Gasteiger partial charge in [0.15, 0.2) is 0 Å². The van der Waals surface area contributed by atoms with Crippen LogP contribution in [-0.2, 0) is 25.5 Å². The van der Waals surface area contributed by atoms with Crippen LogP contribution in [0.2, 0.25) is 0 Å². The Morgan fingerprint density at radius 3 is 0.979 bits per heavy atom. The third kappa shape index (κ3) is 6.50. The lowest BCUT2D eigenvalue weighted by Gasteiger charge is -2.38. The summed E-state index contributed by atoms with van der Waals surface area (Å²) in [5.41, 5.74) is 4.63. The van der Waals surface area contributed by atoms with Crippen LogP contribution >= 0.6 is 0 Å². The Balaban J connectivity index is 1.35. The first-order valence-electron chi connectivity index (χ1n) is 15.9. The van der Waals surface area contributed by atoms with E-state index in [0.717, 1.165) is 39.7 Å². The monoisotopic (exact) mass is 614 g/mol. The first-order valence-corrected chi connectivity index (χ1v) is 15.9. The third-order valence-electron chi connectivity index (χ3n) is 8.72. The molecule has 232 valence electrons. The fraction of sp³-hybridized carbons (Fsp3) is 0.114. The van der Waals surface area contributed by atoms with Gasteiger partial charge in [-0.15, -0.1) is 0 Å². The van der Waals surface area contributed by atoms with Crippen molar-refractivity contribution in [2.75, 3.05) is 13.2 Å². The molecule has 0 N–H and O–H groups in total. The van der Waals surface area contributed by atoms with Gasteiger partial charge in [-0.25, -0.2) is 0 Å². The van der Waals surface area contributed by atoms with E-state index >= 15 is 0 Å². The molecule has 6 aromatic rings. The van der Waals surface area contributed by atoms with Crippen molar-refractivity contribution in [1.29, 1.82) is 0 Å². The fourth-order valence-electron chi connectivity index (χ4n) is 6.31. The number of benzene rings is 6. The highest BCUT2D eigenvalue weighted by Gasteiger charge is 2.40. The Bertz CT molecular complexity index is 1650. The molecule has 0 aliphatic carbocycles. The average molecular weight is 615 g/mol. The maximum Gasteiger partial charge on any atom is 0.144 e. The summed E-state index contributed by atoms with van der Waals surface area (Å²) in [5.74, 6) is -0.620. The number of hydrogen-bond donors (Lipinski definition) is 0. The van der Waals surface area contributed by atoms with Crippen molar-refractivity contribution in [2.45, 2.75) is 11.2 Å². The molecule has 0 aliphatic rings. The molecule has 0 radical (unpaired) electrons. The second kappa shape index (κ2) is 14.8. The van der Waals surface area contributed by atoms with Crippen molar-refractivity contribution in [3.8, 4) is 0 Å². The molecule has 0 bridgehead atoms. The maximum atomic E-state index is 12.8. The third-order valence-corrected chi connectivity index (χ3v) is 8.72. The standard InChI is InChI=1S/C44H38O3/c1-35(33-46-43(37-20-8-2-9-21-37,38-22-10-3-11-23-38)39-24-12-4-13-25-39)36(32-45)34-47-44(40-26-14-5-15-27-40,41-28-16-6-17-29-41)42-30-18-7-19-31-42/h2-32,36H,1,33-34H2. The number of hydrogen-bond acceptors (Lipinski definition) is 3. The summed E-state index contributed by atoms with van der Waals surface area (Å²) < 4.78 is 14.0. The van der Waals surface area contributed by atoms with E-state index < -0.39 is 17.1 Å². The van der Waals surface area contributed by atoms with E-state index in [0.29, 0.717) is 5.57 Å². The van der Waals surface area contributed by atoms with Crippen molar-refractivity contribution in [1.82, 2.24) is 0 Å². The second-order valence-corrected chi connectivity index (χ2v) is 11.6. The molecular weight excluding hydrogens is 576 g/mol. The molecular formula is C44H38O3. The van der Waals surface area contributed by atoms with Gasteiger partial charge in [0, 0.05) is 0 Å². The highest BCUT2D eigenvalue weighted by atomic mass is 16.5. The molecule has 0 heterocycles. The summed E-state index contributed by atoms with van der Waals surface area (Å²) in [6.45, 7) is 4.64. The van der Waals surface area contributed by atoms with Crippen LogP contribution in [0.1, 0.15) is 33.4 Å². The van der Waals surface area contributed by atoms with Crippen LogP contribution in [0.5, 0.6) is 0 Å². The number of rotatable bonds is 14. The van der Waals surface area contributed by atoms with Crippen LogP contribution in [0.3, 0.4) is 0 Å². The van der Waals surface area contributed by atoms with Crippen molar-refractivity contribution >= 4 is 6.29 Å². The van der Waals surface area contributed by atoms with E-state index in [4.69, 9.17) is 9.47 Å². The van der Waals surface area contributed by atoms with Gasteiger partial charge in [0.05, 0.1) is 19.1 Å². The predicted molar refractivity (Wildman–Crippen MR) is 189 cm³/mol. The Kier molecular flexibility index (Phi) is 9.98. The number of carbonyl (C=O) groups excluding carboxylic acids is 1. The normalized spacial score (nSPS) is 12.3. The number of ether oxygens (including phenoxy) is 2. The Morgan fingerprint density at radius 1 is 0.468 bits per heavy atom. The van der Waals surface area contributed by atoms with Gasteiger partial charge in [-0.1, -0.05) is 189 Å². The zero-order valence-corrected chi connectivity index (χ0v) is 26.3. The van der Waals surface area contributed by atoms with Gasteiger partial charge >= 0.3 is 0 Å². The van der Waals surface area contributed by atoms with Crippen LogP contribution in [0.25, 0.3) is 0 Å². The minimum atomic E-state index is -0.950. The zero-order valence-electron chi connectivity index (χ0n) is 26.3. The topological polar surface area (TPSA) is 35.5 Å². The average Bonchev–Trinajstić information content (AvgIpc) is 3.16. The number of aldehydes is 1. The van der Waals surface area contributed by atoms with Crippen molar-refractivity contribution < 1.29 is 14.3 Å². The van der Waals surface area contributed by atoms with Gasteiger partial charge in [0.2, 0.25) is 0 Å². The molecule has 3 heteroatoms. The molecule has 0 aromatic heterocycles. The molecule has 6 aromatic carbocycles. The lowest BCUT2D eigenvalue weighted by atomic mass is 9.79. The molecule has 1 unspecified atom stereocenters. The highest BCUT2D eigenvalue weighted by Crippen LogP contribution is 2.43. The quantitative estimate of drug-likeness (QED) is 0.0697. The summed E-state index contributed by atoms with van der Waals surface area (Å²) in [6.07, 6.45) is 0.923. The van der Waals surface area contributed by atoms with E-state index in [1.807, 2.05) is 109 Å². The molecule has 0 saturated carbocycles. The molecule has 3 nitrogen and oxygen atoms in total. The largest absolute Gasteiger partial charge is 0.360 e. The highest BCUT2D eigenvalue weighted by molar-refractivity contribution is 5.59. The van der Waals surface area contributed by atoms with Crippen molar-refractivity contribution in [3.05, 3.63) is 228 Å². The molecule has 0 saturated heterocycles. The van der Waals surface area contributed by atoms with Crippen LogP contribution in [0.4, 0.5) is 0 Å². The molecule has 0 spiro atoms. The Morgan fingerprint density at radius 2 is 0.723 bits per heavy atom. The smallest absolute Gasteiger partial charge is 0.144 e. The first kappa shape index (κ1) is 31.6. The summed E-state index contributed by atoms with van der Waals surface area (Å²) in [4.78, 5) is 12.8. The summed E-state index contributed by atoms with van der Waals surface area (Å²) in [6, 6.07) is 61.1. The van der Waals surface area contributed by atoms with E-state index in [1.165, 1.54) is 0 Å². The minimum absolute atomic E-state index is 0.111. The van der Waals surface area contributed by atoms with Gasteiger partial charge in [0.1, 0.15) is 17.5 Å². The SMILES string of the molecule is C=C(COC(c1ccccc1)(c1ccccc1)c1ccccc1)C(C=O)COC(c1ccccc1)(c1ccccc1)c1ccccc1. The first-order chi connectivity index (χ1) is 23.2. The van der Waals surface area contributed by atoms with Gasteiger partial charge in [0.25, 0.3) is 0 Å². The molecule has 6 rings (SSSR count). The van der Waals surface area contributed by atoms with Crippen LogP contribution in [0, 0.1) is 5.92 Å². The van der Waals surface area contributed by atoms with Crippen molar-refractivity contribution in [3.63, 3.8) is 0 Å². The van der Waals surface area contributed by atoms with E-state index in [1.54, 1.807) is 0 Å². The van der Waals surface area contributed by atoms with E-state index in [9.17, 15) is 4.79 Å². The van der Waals surface area contributed by atoms with Gasteiger partial charge in [-0.05, 0) is 39.0 Å². The zero-order chi connectivity index (χ0) is 32.4. The maximum absolute atomic E-state index is 12.8. The van der Waals surface area contributed by atoms with Crippen LogP contribution in [0.15, 0.2) is 194 Å².